The lowest BCUT2D eigenvalue weighted by Gasteiger charge is -2.40. The molecule has 1 aliphatic heterocycles. The third-order valence-corrected chi connectivity index (χ3v) is 4.75. The van der Waals surface area contributed by atoms with Crippen molar-refractivity contribution >= 4 is 33.0 Å². The standard InChI is InChI=1S/C13H19N3O7S2/c14-25(21,22)7-3-1-2-6(4-7)15-13(24)16-9-11(19)10(18)8(5-17)23-12(9)20/h1-4,8-12,17-20H,5H2,(H2,14,21,22)(H2,15,16,24)/t8-,9-,10+,11-,12+/m1/s1. The smallest absolute Gasteiger partial charge is 0.238 e. The molecule has 1 saturated heterocycles. The van der Waals surface area contributed by atoms with Crippen LogP contribution in [-0.4, -0.2) is 71.2 Å². The van der Waals surface area contributed by atoms with Gasteiger partial charge in [0, 0.05) is 5.69 Å². The van der Waals surface area contributed by atoms with Crippen molar-refractivity contribution in [1.82, 2.24) is 5.32 Å². The third-order valence-electron chi connectivity index (χ3n) is 3.62. The predicted molar refractivity (Wildman–Crippen MR) is 90.9 cm³/mol. The number of aliphatic hydroxyl groups excluding tert-OH is 4. The van der Waals surface area contributed by atoms with Gasteiger partial charge in [0.2, 0.25) is 10.0 Å². The zero-order valence-electron chi connectivity index (χ0n) is 12.8. The van der Waals surface area contributed by atoms with Crippen molar-refractivity contribution in [1.29, 1.82) is 0 Å². The molecule has 0 bridgehead atoms. The number of thiocarbonyl (C=S) groups is 1. The summed E-state index contributed by atoms with van der Waals surface area (Å²) in [5.74, 6) is 0. The Bertz CT molecular complexity index is 730. The second-order valence-corrected chi connectivity index (χ2v) is 7.40. The van der Waals surface area contributed by atoms with Crippen LogP contribution in [0.1, 0.15) is 0 Å². The quantitative estimate of drug-likeness (QED) is 0.269. The highest BCUT2D eigenvalue weighted by Crippen LogP contribution is 2.20. The molecule has 1 fully saturated rings. The van der Waals surface area contributed by atoms with Gasteiger partial charge in [-0.1, -0.05) is 6.07 Å². The van der Waals surface area contributed by atoms with E-state index in [0.29, 0.717) is 5.69 Å². The number of primary sulfonamides is 1. The maximum absolute atomic E-state index is 11.3. The zero-order chi connectivity index (χ0) is 18.8. The van der Waals surface area contributed by atoms with E-state index in [2.05, 4.69) is 10.6 Å². The number of nitrogens with two attached hydrogens (primary N) is 1. The van der Waals surface area contributed by atoms with Gasteiger partial charge in [0.25, 0.3) is 0 Å². The van der Waals surface area contributed by atoms with Gasteiger partial charge in [-0.05, 0) is 30.4 Å². The van der Waals surface area contributed by atoms with Crippen molar-refractivity contribution in [3.8, 4) is 0 Å². The average Bonchev–Trinajstić information content (AvgIpc) is 2.54. The molecule has 1 heterocycles. The van der Waals surface area contributed by atoms with Crippen molar-refractivity contribution in [3.05, 3.63) is 24.3 Å². The van der Waals surface area contributed by atoms with Crippen LogP contribution in [-0.2, 0) is 14.8 Å². The average molecular weight is 393 g/mol. The van der Waals surface area contributed by atoms with Gasteiger partial charge in [-0.3, -0.25) is 0 Å². The summed E-state index contributed by atoms with van der Waals surface area (Å²) in [6.45, 7) is -0.578. The third kappa shape index (κ3) is 4.83. The van der Waals surface area contributed by atoms with E-state index in [4.69, 9.17) is 27.2 Å². The summed E-state index contributed by atoms with van der Waals surface area (Å²) in [6, 6.07) is 4.38. The van der Waals surface area contributed by atoms with Crippen LogP contribution in [0, 0.1) is 0 Å². The van der Waals surface area contributed by atoms with Crippen molar-refractivity contribution in [3.63, 3.8) is 0 Å². The largest absolute Gasteiger partial charge is 0.394 e. The van der Waals surface area contributed by atoms with E-state index in [9.17, 15) is 23.7 Å². The Kier molecular flexibility index (Phi) is 6.29. The molecule has 2 rings (SSSR count). The van der Waals surface area contributed by atoms with Crippen molar-refractivity contribution in [2.45, 2.75) is 35.5 Å². The highest BCUT2D eigenvalue weighted by Gasteiger charge is 2.43. The number of nitrogens with one attached hydrogen (secondary N) is 2. The van der Waals surface area contributed by atoms with Gasteiger partial charge in [0.15, 0.2) is 11.4 Å². The van der Waals surface area contributed by atoms with E-state index in [0.717, 1.165) is 0 Å². The lowest BCUT2D eigenvalue weighted by atomic mass is 9.97. The summed E-state index contributed by atoms with van der Waals surface area (Å²) in [6.07, 6.45) is -5.56. The fourth-order valence-corrected chi connectivity index (χ4v) is 3.14. The van der Waals surface area contributed by atoms with E-state index in [1.165, 1.54) is 24.3 Å². The maximum Gasteiger partial charge on any atom is 0.238 e. The van der Waals surface area contributed by atoms with Gasteiger partial charge in [-0.15, -0.1) is 0 Å². The Morgan fingerprint density at radius 2 is 1.96 bits per heavy atom. The molecule has 0 saturated carbocycles. The molecule has 8 N–H and O–H groups in total. The molecule has 0 radical (unpaired) electrons. The summed E-state index contributed by atoms with van der Waals surface area (Å²) >= 11 is 5.04. The minimum atomic E-state index is -3.88. The number of aliphatic hydroxyl groups is 4. The monoisotopic (exact) mass is 393 g/mol. The first kappa shape index (κ1) is 19.9. The molecule has 140 valence electrons. The summed E-state index contributed by atoms with van der Waals surface area (Å²) in [4.78, 5) is -0.123. The van der Waals surface area contributed by atoms with Crippen LogP contribution in [0.4, 0.5) is 5.69 Å². The fraction of sp³-hybridized carbons (Fsp3) is 0.462. The van der Waals surface area contributed by atoms with Gasteiger partial charge < -0.3 is 35.8 Å². The second-order valence-electron chi connectivity index (χ2n) is 5.43. The molecule has 0 unspecified atom stereocenters. The molecule has 0 aromatic heterocycles. The predicted octanol–water partition coefficient (Wildman–Crippen LogP) is -2.58. The number of hydrogen-bond donors (Lipinski definition) is 7. The first-order valence-electron chi connectivity index (χ1n) is 7.14. The Hall–Kier alpha value is -1.38. The zero-order valence-corrected chi connectivity index (χ0v) is 14.4. The first-order chi connectivity index (χ1) is 11.6. The molecule has 0 aliphatic carbocycles. The topological polar surface area (TPSA) is 174 Å². The Balaban J connectivity index is 2.05. The number of hydrogen-bond acceptors (Lipinski definition) is 8. The van der Waals surface area contributed by atoms with Gasteiger partial charge >= 0.3 is 0 Å². The van der Waals surface area contributed by atoms with E-state index < -0.39 is 47.3 Å². The van der Waals surface area contributed by atoms with E-state index in [1.54, 1.807) is 0 Å². The molecule has 25 heavy (non-hydrogen) atoms. The maximum atomic E-state index is 11.3. The number of sulfonamides is 1. The number of anilines is 1. The molecular weight excluding hydrogens is 374 g/mol. The molecule has 1 aliphatic rings. The normalized spacial score (nSPS) is 29.9. The minimum absolute atomic E-state index is 0.0621. The molecule has 5 atom stereocenters. The van der Waals surface area contributed by atoms with Crippen LogP contribution in [0.25, 0.3) is 0 Å². The Labute approximate surface area is 149 Å². The summed E-state index contributed by atoms with van der Waals surface area (Å²) in [7, 11) is -3.88. The summed E-state index contributed by atoms with van der Waals surface area (Å²) in [5.41, 5.74) is 0.304. The van der Waals surface area contributed by atoms with Crippen LogP contribution in [0.15, 0.2) is 29.2 Å². The lowest BCUT2D eigenvalue weighted by Crippen LogP contribution is -2.64. The Morgan fingerprint density at radius 1 is 1.28 bits per heavy atom. The fourth-order valence-electron chi connectivity index (χ4n) is 2.32. The number of rotatable bonds is 4. The van der Waals surface area contributed by atoms with Gasteiger partial charge in [-0.2, -0.15) is 0 Å². The van der Waals surface area contributed by atoms with Gasteiger partial charge in [0.1, 0.15) is 24.4 Å². The molecule has 10 nitrogen and oxygen atoms in total. The molecule has 12 heteroatoms. The first-order valence-corrected chi connectivity index (χ1v) is 9.10. The molecular formula is C13H19N3O7S2. The van der Waals surface area contributed by atoms with Crippen molar-refractivity contribution in [2.75, 3.05) is 11.9 Å². The van der Waals surface area contributed by atoms with Crippen LogP contribution in [0.3, 0.4) is 0 Å². The van der Waals surface area contributed by atoms with Crippen LogP contribution < -0.4 is 15.8 Å². The molecule has 0 amide bonds. The van der Waals surface area contributed by atoms with E-state index in [-0.39, 0.29) is 10.0 Å². The number of benzene rings is 1. The summed E-state index contributed by atoms with van der Waals surface area (Å²) in [5, 5.41) is 49.0. The van der Waals surface area contributed by atoms with Crippen LogP contribution in [0.2, 0.25) is 0 Å². The minimum Gasteiger partial charge on any atom is -0.394 e. The lowest BCUT2D eigenvalue weighted by molar-refractivity contribution is -0.251. The van der Waals surface area contributed by atoms with Crippen LogP contribution >= 0.6 is 12.2 Å². The highest BCUT2D eigenvalue weighted by atomic mass is 32.2. The SMILES string of the molecule is NS(=O)(=O)c1cccc(NC(=S)N[C@@H]2[C@@H](O)[C@@H](O)[C@@H](CO)O[C@@H]2O)c1. The van der Waals surface area contributed by atoms with E-state index in [1.807, 2.05) is 0 Å². The second kappa shape index (κ2) is 7.88. The number of ether oxygens (including phenoxy) is 1. The summed E-state index contributed by atoms with van der Waals surface area (Å²) < 4.78 is 27.7. The van der Waals surface area contributed by atoms with E-state index >= 15 is 0 Å². The van der Waals surface area contributed by atoms with Crippen LogP contribution in [0.5, 0.6) is 0 Å². The molecule has 1 aromatic carbocycles. The molecule has 1 aromatic rings. The Morgan fingerprint density at radius 3 is 2.56 bits per heavy atom. The van der Waals surface area contributed by atoms with Crippen molar-refractivity contribution in [2.24, 2.45) is 5.14 Å². The highest BCUT2D eigenvalue weighted by molar-refractivity contribution is 7.89. The van der Waals surface area contributed by atoms with Gasteiger partial charge in [0.05, 0.1) is 11.5 Å². The van der Waals surface area contributed by atoms with Crippen molar-refractivity contribution < 1.29 is 33.6 Å². The molecule has 0 spiro atoms. The van der Waals surface area contributed by atoms with Gasteiger partial charge in [-0.25, -0.2) is 13.6 Å².